The van der Waals surface area contributed by atoms with Crippen LogP contribution in [0.1, 0.15) is 5.56 Å². The zero-order valence-electron chi connectivity index (χ0n) is 9.20. The molecule has 0 aliphatic carbocycles. The molecule has 1 aliphatic rings. The maximum absolute atomic E-state index is 5.72. The predicted octanol–water partition coefficient (Wildman–Crippen LogP) is 1.70. The molecule has 3 heteroatoms. The zero-order chi connectivity index (χ0) is 10.8. The number of rotatable bonds is 2. The summed E-state index contributed by atoms with van der Waals surface area (Å²) in [4.78, 5) is 3.30. The van der Waals surface area contributed by atoms with Crippen molar-refractivity contribution in [1.82, 2.24) is 10.3 Å². The fourth-order valence-electron chi connectivity index (χ4n) is 2.30. The summed E-state index contributed by atoms with van der Waals surface area (Å²) in [6, 6.07) is 8.41. The van der Waals surface area contributed by atoms with Crippen LogP contribution in [0.4, 0.5) is 0 Å². The second-order valence-electron chi connectivity index (χ2n) is 4.26. The van der Waals surface area contributed by atoms with Crippen LogP contribution >= 0.6 is 0 Å². The van der Waals surface area contributed by atoms with Crippen LogP contribution < -0.4 is 5.32 Å². The molecule has 1 saturated heterocycles. The molecule has 1 fully saturated rings. The minimum atomic E-state index is 0.313. The van der Waals surface area contributed by atoms with E-state index in [0.717, 1.165) is 26.1 Å². The third-order valence-corrected chi connectivity index (χ3v) is 3.13. The van der Waals surface area contributed by atoms with E-state index < -0.39 is 0 Å². The molecule has 84 valence electrons. The Morgan fingerprint density at radius 1 is 1.31 bits per heavy atom. The summed E-state index contributed by atoms with van der Waals surface area (Å²) in [5, 5.41) is 4.68. The van der Waals surface area contributed by atoms with Crippen LogP contribution in [0.3, 0.4) is 0 Å². The maximum Gasteiger partial charge on any atom is 0.0741 e. The van der Waals surface area contributed by atoms with Gasteiger partial charge >= 0.3 is 0 Å². The van der Waals surface area contributed by atoms with Gasteiger partial charge in [0.2, 0.25) is 0 Å². The first-order valence-electron chi connectivity index (χ1n) is 5.81. The Hall–Kier alpha value is -1.32. The maximum atomic E-state index is 5.72. The Kier molecular flexibility index (Phi) is 2.64. The fraction of sp³-hybridized carbons (Fsp3) is 0.385. The van der Waals surface area contributed by atoms with Crippen LogP contribution in [0.2, 0.25) is 0 Å². The minimum absolute atomic E-state index is 0.313. The predicted molar refractivity (Wildman–Crippen MR) is 64.6 cm³/mol. The van der Waals surface area contributed by atoms with Gasteiger partial charge in [-0.1, -0.05) is 18.2 Å². The highest BCUT2D eigenvalue weighted by Crippen LogP contribution is 2.19. The molecule has 0 saturated carbocycles. The van der Waals surface area contributed by atoms with Gasteiger partial charge in [-0.2, -0.15) is 0 Å². The van der Waals surface area contributed by atoms with Crippen LogP contribution in [0, 0.1) is 0 Å². The topological polar surface area (TPSA) is 37.0 Å². The second kappa shape index (κ2) is 4.28. The molecule has 3 rings (SSSR count). The van der Waals surface area contributed by atoms with Crippen molar-refractivity contribution in [2.45, 2.75) is 12.5 Å². The highest BCUT2D eigenvalue weighted by atomic mass is 16.5. The highest BCUT2D eigenvalue weighted by Gasteiger charge is 2.15. The molecule has 3 nitrogen and oxygen atoms in total. The van der Waals surface area contributed by atoms with E-state index in [1.807, 2.05) is 0 Å². The third kappa shape index (κ3) is 1.84. The van der Waals surface area contributed by atoms with Gasteiger partial charge in [0.05, 0.1) is 12.7 Å². The Morgan fingerprint density at radius 3 is 3.12 bits per heavy atom. The summed E-state index contributed by atoms with van der Waals surface area (Å²) in [6.45, 7) is 2.76. The first kappa shape index (κ1) is 9.87. The van der Waals surface area contributed by atoms with Crippen LogP contribution in [-0.4, -0.2) is 30.8 Å². The lowest BCUT2D eigenvalue weighted by Gasteiger charge is -2.23. The van der Waals surface area contributed by atoms with E-state index in [-0.39, 0.29) is 0 Å². The summed E-state index contributed by atoms with van der Waals surface area (Å²) >= 11 is 0. The number of aromatic nitrogens is 1. The van der Waals surface area contributed by atoms with Gasteiger partial charge < -0.3 is 15.0 Å². The number of hydrogen-bond acceptors (Lipinski definition) is 2. The minimum Gasteiger partial charge on any atom is -0.375 e. The molecule has 1 atom stereocenters. The van der Waals surface area contributed by atoms with Crippen molar-refractivity contribution in [2.75, 3.05) is 19.7 Å². The average Bonchev–Trinajstić information content (AvgIpc) is 2.74. The lowest BCUT2D eigenvalue weighted by Crippen LogP contribution is -2.39. The summed E-state index contributed by atoms with van der Waals surface area (Å²) < 4.78 is 5.72. The van der Waals surface area contributed by atoms with E-state index in [9.17, 15) is 0 Å². The molecule has 1 aliphatic heterocycles. The smallest absolute Gasteiger partial charge is 0.0741 e. The molecule has 0 amide bonds. The molecule has 0 spiro atoms. The van der Waals surface area contributed by atoms with Gasteiger partial charge in [-0.15, -0.1) is 0 Å². The van der Waals surface area contributed by atoms with Gasteiger partial charge in [-0.3, -0.25) is 0 Å². The van der Waals surface area contributed by atoms with E-state index in [0.29, 0.717) is 6.10 Å². The normalized spacial score (nSPS) is 21.4. The quantitative estimate of drug-likeness (QED) is 0.801. The summed E-state index contributed by atoms with van der Waals surface area (Å²) in [7, 11) is 0. The number of para-hydroxylation sites is 1. The Morgan fingerprint density at radius 2 is 2.25 bits per heavy atom. The van der Waals surface area contributed by atoms with Gasteiger partial charge in [-0.05, 0) is 11.6 Å². The van der Waals surface area contributed by atoms with E-state index in [1.54, 1.807) is 0 Å². The Bertz CT molecular complexity index is 471. The van der Waals surface area contributed by atoms with Crippen molar-refractivity contribution in [3.63, 3.8) is 0 Å². The number of hydrogen-bond donors (Lipinski definition) is 2. The molecular formula is C13H16N2O. The largest absolute Gasteiger partial charge is 0.375 e. The first-order chi connectivity index (χ1) is 7.93. The Balaban J connectivity index is 1.83. The van der Waals surface area contributed by atoms with Gasteiger partial charge in [0.25, 0.3) is 0 Å². The van der Waals surface area contributed by atoms with Crippen molar-refractivity contribution in [3.8, 4) is 0 Å². The van der Waals surface area contributed by atoms with Gasteiger partial charge in [0, 0.05) is 36.6 Å². The second-order valence-corrected chi connectivity index (χ2v) is 4.26. The van der Waals surface area contributed by atoms with Crippen LogP contribution in [0.5, 0.6) is 0 Å². The first-order valence-corrected chi connectivity index (χ1v) is 5.81. The number of nitrogens with one attached hydrogen (secondary N) is 2. The van der Waals surface area contributed by atoms with E-state index in [1.165, 1.54) is 16.5 Å². The molecule has 2 heterocycles. The van der Waals surface area contributed by atoms with Gasteiger partial charge in [0.1, 0.15) is 0 Å². The average molecular weight is 216 g/mol. The Labute approximate surface area is 94.8 Å². The number of H-pyrrole nitrogens is 1. The van der Waals surface area contributed by atoms with Crippen molar-refractivity contribution in [2.24, 2.45) is 0 Å². The lowest BCUT2D eigenvalue weighted by atomic mass is 10.1. The number of fused-ring (bicyclic) bond motifs is 1. The van der Waals surface area contributed by atoms with E-state index >= 15 is 0 Å². The molecule has 1 unspecified atom stereocenters. The molecule has 0 radical (unpaired) electrons. The molecule has 1 aromatic heterocycles. The van der Waals surface area contributed by atoms with Crippen LogP contribution in [0.15, 0.2) is 30.5 Å². The molecule has 2 aromatic rings. The number of aromatic amines is 1. The fourth-order valence-corrected chi connectivity index (χ4v) is 2.30. The van der Waals surface area contributed by atoms with E-state index in [4.69, 9.17) is 4.74 Å². The SMILES string of the molecule is c1ccc2c(CC3CNCCO3)c[nH]c2c1. The van der Waals surface area contributed by atoms with Gasteiger partial charge in [0.15, 0.2) is 0 Å². The van der Waals surface area contributed by atoms with Crippen molar-refractivity contribution in [3.05, 3.63) is 36.0 Å². The van der Waals surface area contributed by atoms with Crippen molar-refractivity contribution >= 4 is 10.9 Å². The molecular weight excluding hydrogens is 200 g/mol. The molecule has 16 heavy (non-hydrogen) atoms. The molecule has 0 bridgehead atoms. The van der Waals surface area contributed by atoms with Gasteiger partial charge in [-0.25, -0.2) is 0 Å². The van der Waals surface area contributed by atoms with E-state index in [2.05, 4.69) is 40.8 Å². The van der Waals surface area contributed by atoms with Crippen LogP contribution in [0.25, 0.3) is 10.9 Å². The number of benzene rings is 1. The summed E-state index contributed by atoms with van der Waals surface area (Å²) in [6.07, 6.45) is 3.40. The highest BCUT2D eigenvalue weighted by molar-refractivity contribution is 5.83. The number of morpholine rings is 1. The number of ether oxygens (including phenoxy) is 1. The monoisotopic (exact) mass is 216 g/mol. The molecule has 1 aromatic carbocycles. The zero-order valence-corrected chi connectivity index (χ0v) is 9.20. The van der Waals surface area contributed by atoms with Crippen LogP contribution in [-0.2, 0) is 11.2 Å². The summed E-state index contributed by atoms with van der Waals surface area (Å²) in [5.41, 5.74) is 2.56. The standard InChI is InChI=1S/C13H16N2O/c1-2-4-13-12(3-1)10(8-15-13)7-11-9-14-5-6-16-11/h1-4,8,11,14-15H,5-7,9H2. The van der Waals surface area contributed by atoms with Crippen molar-refractivity contribution < 1.29 is 4.74 Å². The lowest BCUT2D eigenvalue weighted by molar-refractivity contribution is 0.0294. The third-order valence-electron chi connectivity index (χ3n) is 3.13. The molecule has 2 N–H and O–H groups in total. The summed E-state index contributed by atoms with van der Waals surface area (Å²) in [5.74, 6) is 0. The van der Waals surface area contributed by atoms with Crippen molar-refractivity contribution in [1.29, 1.82) is 0 Å².